The lowest BCUT2D eigenvalue weighted by Gasteiger charge is -2.36. The van der Waals surface area contributed by atoms with E-state index in [9.17, 15) is 14.9 Å². The molecule has 0 atom stereocenters. The van der Waals surface area contributed by atoms with Gasteiger partial charge < -0.3 is 24.8 Å². The molecule has 0 saturated carbocycles. The number of carbonyl (C=O) groups is 2. The smallest absolute Gasteiger partial charge is 0.415 e. The zero-order valence-electron chi connectivity index (χ0n) is 21.5. The first kappa shape index (κ1) is 26.8. The maximum Gasteiger partial charge on any atom is 0.415 e. The first-order chi connectivity index (χ1) is 17.2. The molecule has 0 spiro atoms. The van der Waals surface area contributed by atoms with Crippen molar-refractivity contribution in [3.05, 3.63) is 53.1 Å². The van der Waals surface area contributed by atoms with Crippen LogP contribution < -0.4 is 25.0 Å². The van der Waals surface area contributed by atoms with Crippen molar-refractivity contribution in [3.63, 3.8) is 0 Å². The van der Waals surface area contributed by atoms with Gasteiger partial charge in [-0.3, -0.25) is 9.69 Å². The van der Waals surface area contributed by atoms with Crippen molar-refractivity contribution in [2.24, 2.45) is 0 Å². The van der Waals surface area contributed by atoms with E-state index in [1.807, 2.05) is 6.07 Å². The second-order valence-corrected chi connectivity index (χ2v) is 9.55. The predicted molar refractivity (Wildman–Crippen MR) is 136 cm³/mol. The Kier molecular flexibility index (Phi) is 8.78. The highest BCUT2D eigenvalue weighted by atomic mass is 16.6. The van der Waals surface area contributed by atoms with E-state index in [0.29, 0.717) is 35.6 Å². The minimum Gasteiger partial charge on any atom is -0.493 e. The minimum atomic E-state index is -0.704. The number of nitriles is 1. The molecule has 36 heavy (non-hydrogen) atoms. The van der Waals surface area contributed by atoms with Crippen LogP contribution in [-0.4, -0.2) is 51.0 Å². The Hall–Kier alpha value is -3.77. The first-order valence-electron chi connectivity index (χ1n) is 11.9. The van der Waals surface area contributed by atoms with Gasteiger partial charge in [0.1, 0.15) is 5.60 Å². The van der Waals surface area contributed by atoms with Gasteiger partial charge in [-0.25, -0.2) is 4.79 Å². The van der Waals surface area contributed by atoms with Crippen LogP contribution in [0.25, 0.3) is 0 Å². The molecule has 1 fully saturated rings. The van der Waals surface area contributed by atoms with Gasteiger partial charge >= 0.3 is 6.09 Å². The van der Waals surface area contributed by atoms with Gasteiger partial charge in [0.15, 0.2) is 11.5 Å². The van der Waals surface area contributed by atoms with Crippen LogP contribution in [0.1, 0.15) is 55.1 Å². The maximum atomic E-state index is 13.4. The molecule has 1 saturated heterocycles. The molecule has 9 heteroatoms. The molecule has 9 nitrogen and oxygen atoms in total. The molecule has 1 aliphatic rings. The van der Waals surface area contributed by atoms with Crippen LogP contribution in [0, 0.1) is 11.3 Å². The van der Waals surface area contributed by atoms with Gasteiger partial charge in [-0.2, -0.15) is 5.26 Å². The van der Waals surface area contributed by atoms with E-state index in [2.05, 4.69) is 16.7 Å². The molecule has 0 radical (unpaired) electrons. The molecular formula is C27H34N4O5. The van der Waals surface area contributed by atoms with Crippen molar-refractivity contribution < 1.29 is 23.8 Å². The van der Waals surface area contributed by atoms with Crippen LogP contribution in [0.5, 0.6) is 11.5 Å². The third-order valence-electron chi connectivity index (χ3n) is 5.79. The van der Waals surface area contributed by atoms with Gasteiger partial charge in [0, 0.05) is 12.6 Å². The molecule has 1 heterocycles. The van der Waals surface area contributed by atoms with Gasteiger partial charge in [0.05, 0.1) is 37.1 Å². The van der Waals surface area contributed by atoms with Crippen molar-refractivity contribution in [1.29, 1.82) is 5.26 Å². The Bertz CT molecular complexity index is 1130. The van der Waals surface area contributed by atoms with Crippen LogP contribution in [0.3, 0.4) is 0 Å². The molecule has 1 aliphatic heterocycles. The lowest BCUT2D eigenvalue weighted by atomic mass is 10.0. The Morgan fingerprint density at radius 1 is 1.08 bits per heavy atom. The number of amides is 2. The second-order valence-electron chi connectivity index (χ2n) is 9.55. The number of rotatable bonds is 7. The third kappa shape index (κ3) is 6.67. The lowest BCUT2D eigenvalue weighted by Crippen LogP contribution is -2.49. The molecule has 0 bridgehead atoms. The van der Waals surface area contributed by atoms with Gasteiger partial charge in [-0.1, -0.05) is 6.07 Å². The summed E-state index contributed by atoms with van der Waals surface area (Å²) in [6.45, 7) is 7.14. The van der Waals surface area contributed by atoms with Crippen LogP contribution >= 0.6 is 0 Å². The summed E-state index contributed by atoms with van der Waals surface area (Å²) in [5, 5.41) is 15.7. The van der Waals surface area contributed by atoms with Crippen LogP contribution in [-0.2, 0) is 11.3 Å². The highest BCUT2D eigenvalue weighted by Crippen LogP contribution is 2.30. The quantitative estimate of drug-likeness (QED) is 0.598. The summed E-state index contributed by atoms with van der Waals surface area (Å²) >= 11 is 0. The van der Waals surface area contributed by atoms with E-state index in [0.717, 1.165) is 18.7 Å². The Balaban J connectivity index is 1.94. The largest absolute Gasteiger partial charge is 0.493 e. The molecule has 0 aromatic heterocycles. The van der Waals surface area contributed by atoms with Crippen molar-refractivity contribution >= 4 is 17.7 Å². The topological polar surface area (TPSA) is 113 Å². The number of anilines is 1. The number of piperidine rings is 1. The normalized spacial score (nSPS) is 13.9. The predicted octanol–water partition coefficient (Wildman–Crippen LogP) is 4.00. The van der Waals surface area contributed by atoms with Crippen molar-refractivity contribution in [2.75, 3.05) is 32.2 Å². The fraction of sp³-hybridized carbons (Fsp3) is 0.444. The molecule has 2 aromatic rings. The monoisotopic (exact) mass is 494 g/mol. The molecule has 0 unspecified atom stereocenters. The molecule has 2 aromatic carbocycles. The number of ether oxygens (including phenoxy) is 3. The van der Waals surface area contributed by atoms with Gasteiger partial charge in [0.25, 0.3) is 5.91 Å². The van der Waals surface area contributed by atoms with Crippen LogP contribution in [0.2, 0.25) is 0 Å². The third-order valence-corrected chi connectivity index (χ3v) is 5.79. The summed E-state index contributed by atoms with van der Waals surface area (Å²) in [6.07, 6.45) is 0.908. The van der Waals surface area contributed by atoms with Crippen LogP contribution in [0.15, 0.2) is 36.4 Å². The van der Waals surface area contributed by atoms with Crippen molar-refractivity contribution in [3.8, 4) is 17.6 Å². The molecule has 3 rings (SSSR count). The molecular weight excluding hydrogens is 460 g/mol. The standard InChI is InChI=1S/C27H34N4O5/c1-27(2,3)36-26(33)31(20-10-12-29-13-11-20)22-8-6-18(16-28)14-21(22)25(32)30-17-19-7-9-23(34-4)24(15-19)35-5/h6-9,14-15,20,29H,10-13,17H2,1-5H3,(H,30,32). The minimum absolute atomic E-state index is 0.147. The van der Waals surface area contributed by atoms with E-state index in [1.165, 1.54) is 6.07 Å². The summed E-state index contributed by atoms with van der Waals surface area (Å²) in [6, 6.07) is 12.1. The zero-order valence-corrected chi connectivity index (χ0v) is 21.5. The van der Waals surface area contributed by atoms with E-state index < -0.39 is 17.6 Å². The molecule has 192 valence electrons. The number of nitrogens with zero attached hydrogens (tertiary/aromatic N) is 2. The highest BCUT2D eigenvalue weighted by molar-refractivity contribution is 6.04. The Labute approximate surface area is 212 Å². The summed E-state index contributed by atoms with van der Waals surface area (Å²) in [5.74, 6) is 0.740. The number of benzene rings is 2. The Morgan fingerprint density at radius 3 is 2.39 bits per heavy atom. The average molecular weight is 495 g/mol. The summed E-state index contributed by atoms with van der Waals surface area (Å²) in [5.41, 5.74) is 1.08. The van der Waals surface area contributed by atoms with E-state index in [-0.39, 0.29) is 18.2 Å². The Morgan fingerprint density at radius 2 is 1.78 bits per heavy atom. The maximum absolute atomic E-state index is 13.4. The first-order valence-corrected chi connectivity index (χ1v) is 11.9. The average Bonchev–Trinajstić information content (AvgIpc) is 2.86. The summed E-state index contributed by atoms with van der Waals surface area (Å²) < 4.78 is 16.3. The fourth-order valence-corrected chi connectivity index (χ4v) is 4.09. The van der Waals surface area contributed by atoms with Crippen molar-refractivity contribution in [1.82, 2.24) is 10.6 Å². The lowest BCUT2D eigenvalue weighted by molar-refractivity contribution is 0.0559. The number of nitrogens with one attached hydrogen (secondary N) is 2. The van der Waals surface area contributed by atoms with Gasteiger partial charge in [-0.05, 0) is 82.6 Å². The number of carbonyl (C=O) groups excluding carboxylic acids is 2. The van der Waals surface area contributed by atoms with E-state index in [1.54, 1.807) is 64.2 Å². The SMILES string of the molecule is COc1ccc(CNC(=O)c2cc(C#N)ccc2N(C(=O)OC(C)(C)C)C2CCNCC2)cc1OC. The fourth-order valence-electron chi connectivity index (χ4n) is 4.09. The zero-order chi connectivity index (χ0) is 26.3. The van der Waals surface area contributed by atoms with E-state index >= 15 is 0 Å². The van der Waals surface area contributed by atoms with Gasteiger partial charge in [-0.15, -0.1) is 0 Å². The highest BCUT2D eigenvalue weighted by Gasteiger charge is 2.33. The number of hydrogen-bond donors (Lipinski definition) is 2. The molecule has 2 amide bonds. The summed E-state index contributed by atoms with van der Waals surface area (Å²) in [7, 11) is 3.10. The summed E-state index contributed by atoms with van der Waals surface area (Å²) in [4.78, 5) is 28.3. The second kappa shape index (κ2) is 11.8. The van der Waals surface area contributed by atoms with E-state index in [4.69, 9.17) is 14.2 Å². The van der Waals surface area contributed by atoms with Gasteiger partial charge in [0.2, 0.25) is 0 Å². The van der Waals surface area contributed by atoms with Crippen molar-refractivity contribution in [2.45, 2.75) is 51.8 Å². The van der Waals surface area contributed by atoms with Crippen LogP contribution in [0.4, 0.5) is 10.5 Å². The number of hydrogen-bond acceptors (Lipinski definition) is 7. The number of methoxy groups -OCH3 is 2. The molecule has 0 aliphatic carbocycles. The molecule has 2 N–H and O–H groups in total.